The van der Waals surface area contributed by atoms with Crippen LogP contribution in [0.2, 0.25) is 0 Å². The van der Waals surface area contributed by atoms with Crippen molar-refractivity contribution in [2.75, 3.05) is 12.4 Å². The molecule has 2 heterocycles. The first-order valence-electron chi connectivity index (χ1n) is 7.97. The second-order valence-corrected chi connectivity index (χ2v) is 5.59. The Bertz CT molecular complexity index is 879. The maximum absolute atomic E-state index is 11.6. The maximum atomic E-state index is 11.6. The van der Waals surface area contributed by atoms with Crippen LogP contribution in [0.1, 0.15) is 21.6 Å². The number of aromatic nitrogens is 2. The second kappa shape index (κ2) is 7.57. The van der Waals surface area contributed by atoms with E-state index in [1.165, 1.54) is 7.11 Å². The molecule has 3 aromatic rings. The lowest BCUT2D eigenvalue weighted by atomic mass is 10.1. The van der Waals surface area contributed by atoms with Gasteiger partial charge in [0.2, 0.25) is 0 Å². The van der Waals surface area contributed by atoms with E-state index in [1.807, 2.05) is 30.3 Å². The Morgan fingerprint density at radius 3 is 2.72 bits per heavy atom. The molecule has 0 aliphatic rings. The standard InChI is InChI=1S/C20H19N3O2/c1-14-17(20(24)25-2)9-10-19(23-14)22-13-15-6-5-7-16(12-15)18-8-3-4-11-21-18/h3-12H,13H2,1-2H3,(H,22,23). The van der Waals surface area contributed by atoms with Gasteiger partial charge in [-0.2, -0.15) is 0 Å². The molecule has 1 N–H and O–H groups in total. The number of esters is 1. The zero-order chi connectivity index (χ0) is 17.6. The first-order chi connectivity index (χ1) is 12.2. The number of nitrogens with zero attached hydrogens (tertiary/aromatic N) is 2. The fourth-order valence-electron chi connectivity index (χ4n) is 2.55. The molecular weight excluding hydrogens is 314 g/mol. The molecule has 0 fully saturated rings. The van der Waals surface area contributed by atoms with Gasteiger partial charge in [-0.3, -0.25) is 4.98 Å². The predicted molar refractivity (Wildman–Crippen MR) is 97.3 cm³/mol. The van der Waals surface area contributed by atoms with Crippen molar-refractivity contribution >= 4 is 11.8 Å². The van der Waals surface area contributed by atoms with Gasteiger partial charge in [0.25, 0.3) is 0 Å². The first-order valence-corrected chi connectivity index (χ1v) is 7.97. The molecule has 0 aliphatic heterocycles. The summed E-state index contributed by atoms with van der Waals surface area (Å²) in [4.78, 5) is 20.4. The van der Waals surface area contributed by atoms with Crippen LogP contribution in [0.3, 0.4) is 0 Å². The van der Waals surface area contributed by atoms with E-state index in [4.69, 9.17) is 4.74 Å². The molecule has 25 heavy (non-hydrogen) atoms. The number of rotatable bonds is 5. The van der Waals surface area contributed by atoms with Crippen LogP contribution in [0.4, 0.5) is 5.82 Å². The number of carbonyl (C=O) groups excluding carboxylic acids is 1. The SMILES string of the molecule is COC(=O)c1ccc(NCc2cccc(-c3ccccn3)c2)nc1C. The molecule has 5 heteroatoms. The Hall–Kier alpha value is -3.21. The van der Waals surface area contributed by atoms with E-state index in [9.17, 15) is 4.79 Å². The number of hydrogen-bond donors (Lipinski definition) is 1. The summed E-state index contributed by atoms with van der Waals surface area (Å²) in [6.07, 6.45) is 1.79. The summed E-state index contributed by atoms with van der Waals surface area (Å²) >= 11 is 0. The predicted octanol–water partition coefficient (Wildman–Crippen LogP) is 3.85. The first kappa shape index (κ1) is 16.6. The topological polar surface area (TPSA) is 64.1 Å². The zero-order valence-electron chi connectivity index (χ0n) is 14.2. The van der Waals surface area contributed by atoms with Gasteiger partial charge in [-0.1, -0.05) is 24.3 Å². The Balaban J connectivity index is 1.72. The highest BCUT2D eigenvalue weighted by molar-refractivity contribution is 5.90. The van der Waals surface area contributed by atoms with Crippen LogP contribution in [0, 0.1) is 6.92 Å². The molecule has 2 aromatic heterocycles. The number of methoxy groups -OCH3 is 1. The molecule has 0 saturated carbocycles. The molecule has 0 radical (unpaired) electrons. The van der Waals surface area contributed by atoms with E-state index in [1.54, 1.807) is 25.3 Å². The average molecular weight is 333 g/mol. The van der Waals surface area contributed by atoms with Crippen LogP contribution in [0.25, 0.3) is 11.3 Å². The van der Waals surface area contributed by atoms with Crippen molar-refractivity contribution in [3.8, 4) is 11.3 Å². The summed E-state index contributed by atoms with van der Waals surface area (Å²) in [6.45, 7) is 2.42. The van der Waals surface area contributed by atoms with Crippen molar-refractivity contribution in [2.24, 2.45) is 0 Å². The highest BCUT2D eigenvalue weighted by Gasteiger charge is 2.10. The fraction of sp³-hybridized carbons (Fsp3) is 0.150. The van der Waals surface area contributed by atoms with Crippen molar-refractivity contribution in [1.82, 2.24) is 9.97 Å². The number of hydrogen-bond acceptors (Lipinski definition) is 5. The van der Waals surface area contributed by atoms with E-state index >= 15 is 0 Å². The molecule has 5 nitrogen and oxygen atoms in total. The summed E-state index contributed by atoms with van der Waals surface area (Å²) in [7, 11) is 1.36. The van der Waals surface area contributed by atoms with Crippen molar-refractivity contribution in [3.05, 3.63) is 77.6 Å². The molecule has 0 spiro atoms. The molecule has 0 bridgehead atoms. The number of anilines is 1. The molecule has 3 rings (SSSR count). The van der Waals surface area contributed by atoms with Gasteiger partial charge in [0, 0.05) is 18.3 Å². The van der Waals surface area contributed by atoms with Gasteiger partial charge in [-0.15, -0.1) is 0 Å². The van der Waals surface area contributed by atoms with Crippen molar-refractivity contribution in [2.45, 2.75) is 13.5 Å². The molecule has 126 valence electrons. The quantitative estimate of drug-likeness (QED) is 0.719. The molecule has 0 aliphatic carbocycles. The minimum atomic E-state index is -0.375. The number of carbonyl (C=O) groups is 1. The highest BCUT2D eigenvalue weighted by Crippen LogP contribution is 2.19. The minimum absolute atomic E-state index is 0.375. The summed E-state index contributed by atoms with van der Waals surface area (Å²) in [5.74, 6) is 0.341. The van der Waals surface area contributed by atoms with Gasteiger partial charge in [0.1, 0.15) is 5.82 Å². The molecular formula is C20H19N3O2. The van der Waals surface area contributed by atoms with Crippen molar-refractivity contribution < 1.29 is 9.53 Å². The largest absolute Gasteiger partial charge is 0.465 e. The number of nitrogens with one attached hydrogen (secondary N) is 1. The van der Waals surface area contributed by atoms with Crippen LogP contribution in [-0.4, -0.2) is 23.0 Å². The molecule has 0 amide bonds. The van der Waals surface area contributed by atoms with Crippen LogP contribution in [0.5, 0.6) is 0 Å². The van der Waals surface area contributed by atoms with Gasteiger partial charge in [-0.05, 0) is 42.8 Å². The summed E-state index contributed by atoms with van der Waals surface area (Å²) in [5.41, 5.74) is 4.26. The van der Waals surface area contributed by atoms with Gasteiger partial charge in [0.05, 0.1) is 24.1 Å². The molecule has 1 aromatic carbocycles. The molecule has 0 atom stereocenters. The lowest BCUT2D eigenvalue weighted by molar-refractivity contribution is 0.0599. The summed E-state index contributed by atoms with van der Waals surface area (Å²) in [6, 6.07) is 17.6. The van der Waals surface area contributed by atoms with Gasteiger partial charge in [-0.25, -0.2) is 9.78 Å². The average Bonchev–Trinajstić information content (AvgIpc) is 2.67. The minimum Gasteiger partial charge on any atom is -0.465 e. The van der Waals surface area contributed by atoms with Crippen molar-refractivity contribution in [3.63, 3.8) is 0 Å². The van der Waals surface area contributed by atoms with Crippen LogP contribution in [0.15, 0.2) is 60.8 Å². The Morgan fingerprint density at radius 1 is 1.12 bits per heavy atom. The van der Waals surface area contributed by atoms with E-state index in [-0.39, 0.29) is 5.97 Å². The van der Waals surface area contributed by atoms with Crippen LogP contribution < -0.4 is 5.32 Å². The van der Waals surface area contributed by atoms with Crippen LogP contribution >= 0.6 is 0 Å². The number of pyridine rings is 2. The lowest BCUT2D eigenvalue weighted by Crippen LogP contribution is -2.08. The smallest absolute Gasteiger partial charge is 0.339 e. The third kappa shape index (κ3) is 4.01. The maximum Gasteiger partial charge on any atom is 0.339 e. The Kier molecular flexibility index (Phi) is 5.04. The van der Waals surface area contributed by atoms with Crippen molar-refractivity contribution in [1.29, 1.82) is 0 Å². The molecule has 0 unspecified atom stereocenters. The molecule has 0 saturated heterocycles. The second-order valence-electron chi connectivity index (χ2n) is 5.59. The third-order valence-corrected chi connectivity index (χ3v) is 3.85. The Morgan fingerprint density at radius 2 is 2.00 bits per heavy atom. The van der Waals surface area contributed by atoms with E-state index in [0.717, 1.165) is 16.8 Å². The zero-order valence-corrected chi connectivity index (χ0v) is 14.2. The van der Waals surface area contributed by atoms with E-state index in [2.05, 4.69) is 27.4 Å². The van der Waals surface area contributed by atoms with Gasteiger partial charge >= 0.3 is 5.97 Å². The normalized spacial score (nSPS) is 10.3. The number of aryl methyl sites for hydroxylation is 1. The van der Waals surface area contributed by atoms with Crippen LogP contribution in [-0.2, 0) is 11.3 Å². The fourth-order valence-corrected chi connectivity index (χ4v) is 2.55. The third-order valence-electron chi connectivity index (χ3n) is 3.85. The summed E-state index contributed by atoms with van der Waals surface area (Å²) in [5, 5.41) is 3.28. The highest BCUT2D eigenvalue weighted by atomic mass is 16.5. The number of ether oxygens (including phenoxy) is 1. The van der Waals surface area contributed by atoms with Gasteiger partial charge in [0.15, 0.2) is 0 Å². The summed E-state index contributed by atoms with van der Waals surface area (Å²) < 4.78 is 4.74. The Labute approximate surface area is 146 Å². The monoisotopic (exact) mass is 333 g/mol. The number of benzene rings is 1. The van der Waals surface area contributed by atoms with E-state index < -0.39 is 0 Å². The van der Waals surface area contributed by atoms with E-state index in [0.29, 0.717) is 23.6 Å². The van der Waals surface area contributed by atoms with Gasteiger partial charge < -0.3 is 10.1 Å². The lowest BCUT2D eigenvalue weighted by Gasteiger charge is -2.10.